The zero-order valence-electron chi connectivity index (χ0n) is 13.8. The van der Waals surface area contributed by atoms with Gasteiger partial charge >= 0.3 is 0 Å². The Balaban J connectivity index is 1.78. The van der Waals surface area contributed by atoms with Gasteiger partial charge in [0.05, 0.1) is 24.7 Å². The number of unbranched alkanes of at least 4 members (excludes halogenated alkanes) is 1. The van der Waals surface area contributed by atoms with Crippen LogP contribution in [-0.2, 0) is 9.47 Å². The maximum absolute atomic E-state index is 9.55. The van der Waals surface area contributed by atoms with E-state index in [1.165, 1.54) is 25.7 Å². The van der Waals surface area contributed by atoms with Crippen molar-refractivity contribution in [3.05, 3.63) is 0 Å². The molecule has 2 aliphatic rings. The molecule has 3 heteroatoms. The minimum Gasteiger partial charge on any atom is -0.352 e. The third-order valence-corrected chi connectivity index (χ3v) is 5.31. The van der Waals surface area contributed by atoms with E-state index in [9.17, 15) is 5.26 Å². The summed E-state index contributed by atoms with van der Waals surface area (Å²) in [7, 11) is 0. The van der Waals surface area contributed by atoms with Crippen LogP contribution in [0.1, 0.15) is 71.6 Å². The molecule has 0 amide bonds. The molecule has 3 nitrogen and oxygen atoms in total. The molecule has 120 valence electrons. The summed E-state index contributed by atoms with van der Waals surface area (Å²) in [5, 5.41) is 9.55. The maximum Gasteiger partial charge on any atom is 0.160 e. The summed E-state index contributed by atoms with van der Waals surface area (Å²) in [6.07, 6.45) is 10.0. The van der Waals surface area contributed by atoms with Gasteiger partial charge in [-0.25, -0.2) is 0 Å². The molecule has 0 spiro atoms. The van der Waals surface area contributed by atoms with Gasteiger partial charge in [0.15, 0.2) is 6.29 Å². The predicted molar refractivity (Wildman–Crippen MR) is 83.6 cm³/mol. The number of nitrogens with zero attached hydrogens (tertiary/aromatic N) is 1. The SMILES string of the molecule is CCCC[C@]1(C#N)CC[C@@H](C2OCC(CCC)CO2)CC1. The lowest BCUT2D eigenvalue weighted by Gasteiger charge is -2.40. The van der Waals surface area contributed by atoms with Crippen molar-refractivity contribution in [2.75, 3.05) is 13.2 Å². The Morgan fingerprint density at radius 2 is 1.76 bits per heavy atom. The van der Waals surface area contributed by atoms with Crippen LogP contribution in [0, 0.1) is 28.6 Å². The van der Waals surface area contributed by atoms with Gasteiger partial charge in [-0.1, -0.05) is 33.1 Å². The highest BCUT2D eigenvalue weighted by Crippen LogP contribution is 2.44. The largest absolute Gasteiger partial charge is 0.352 e. The van der Waals surface area contributed by atoms with Crippen LogP contribution < -0.4 is 0 Å². The molecule has 1 heterocycles. The van der Waals surface area contributed by atoms with Crippen molar-refractivity contribution in [3.8, 4) is 6.07 Å². The first-order chi connectivity index (χ1) is 10.2. The lowest BCUT2D eigenvalue weighted by atomic mass is 9.68. The number of hydrogen-bond donors (Lipinski definition) is 0. The smallest absolute Gasteiger partial charge is 0.160 e. The number of nitriles is 1. The third kappa shape index (κ3) is 4.44. The van der Waals surface area contributed by atoms with Crippen molar-refractivity contribution in [3.63, 3.8) is 0 Å². The topological polar surface area (TPSA) is 42.2 Å². The molecule has 1 aliphatic carbocycles. The Morgan fingerprint density at radius 1 is 1.10 bits per heavy atom. The second kappa shape index (κ2) is 8.15. The molecular weight excluding hydrogens is 262 g/mol. The Labute approximate surface area is 130 Å². The van der Waals surface area contributed by atoms with Crippen LogP contribution in [-0.4, -0.2) is 19.5 Å². The predicted octanol–water partition coefficient (Wildman–Crippen LogP) is 4.67. The molecule has 0 N–H and O–H groups in total. The molecule has 0 aromatic carbocycles. The average Bonchev–Trinajstić information content (AvgIpc) is 2.55. The van der Waals surface area contributed by atoms with Gasteiger partial charge in [0, 0.05) is 11.8 Å². The van der Waals surface area contributed by atoms with Crippen molar-refractivity contribution in [1.29, 1.82) is 5.26 Å². The van der Waals surface area contributed by atoms with E-state index < -0.39 is 0 Å². The lowest BCUT2D eigenvalue weighted by molar-refractivity contribution is -0.231. The monoisotopic (exact) mass is 293 g/mol. The second-order valence-electron chi connectivity index (χ2n) is 7.02. The Kier molecular flexibility index (Phi) is 6.51. The molecule has 0 aromatic heterocycles. The first kappa shape index (κ1) is 16.8. The highest BCUT2D eigenvalue weighted by atomic mass is 16.7. The van der Waals surface area contributed by atoms with Crippen molar-refractivity contribution in [2.45, 2.75) is 77.9 Å². The fourth-order valence-electron chi connectivity index (χ4n) is 3.80. The molecule has 2 fully saturated rings. The summed E-state index contributed by atoms with van der Waals surface area (Å²) in [6.45, 7) is 6.13. The fourth-order valence-corrected chi connectivity index (χ4v) is 3.80. The average molecular weight is 293 g/mol. The molecule has 0 radical (unpaired) electrons. The van der Waals surface area contributed by atoms with E-state index in [1.54, 1.807) is 0 Å². The van der Waals surface area contributed by atoms with Crippen molar-refractivity contribution in [2.24, 2.45) is 17.3 Å². The summed E-state index contributed by atoms with van der Waals surface area (Å²) in [5.74, 6) is 1.08. The lowest BCUT2D eigenvalue weighted by Crippen LogP contribution is -2.40. The van der Waals surface area contributed by atoms with Gasteiger partial charge in [-0.3, -0.25) is 0 Å². The van der Waals surface area contributed by atoms with E-state index in [-0.39, 0.29) is 11.7 Å². The maximum atomic E-state index is 9.55. The van der Waals surface area contributed by atoms with Gasteiger partial charge in [0.1, 0.15) is 0 Å². The van der Waals surface area contributed by atoms with Crippen molar-refractivity contribution >= 4 is 0 Å². The Bertz CT molecular complexity index is 334. The minimum atomic E-state index is -0.0636. The molecule has 1 aliphatic heterocycles. The summed E-state index contributed by atoms with van der Waals surface area (Å²) in [4.78, 5) is 0. The van der Waals surface area contributed by atoms with Gasteiger partial charge in [-0.05, 0) is 38.5 Å². The van der Waals surface area contributed by atoms with E-state index in [4.69, 9.17) is 9.47 Å². The molecule has 0 bridgehead atoms. The van der Waals surface area contributed by atoms with Crippen LogP contribution >= 0.6 is 0 Å². The van der Waals surface area contributed by atoms with Crippen LogP contribution in [0.2, 0.25) is 0 Å². The van der Waals surface area contributed by atoms with E-state index in [0.29, 0.717) is 11.8 Å². The highest BCUT2D eigenvalue weighted by molar-refractivity contribution is 5.01. The zero-order valence-corrected chi connectivity index (χ0v) is 13.8. The van der Waals surface area contributed by atoms with E-state index in [2.05, 4.69) is 19.9 Å². The van der Waals surface area contributed by atoms with Gasteiger partial charge < -0.3 is 9.47 Å². The van der Waals surface area contributed by atoms with Crippen LogP contribution in [0.5, 0.6) is 0 Å². The normalized spacial score (nSPS) is 37.1. The van der Waals surface area contributed by atoms with Gasteiger partial charge in [0.25, 0.3) is 0 Å². The van der Waals surface area contributed by atoms with Gasteiger partial charge in [-0.15, -0.1) is 0 Å². The summed E-state index contributed by atoms with van der Waals surface area (Å²) in [6, 6.07) is 2.62. The van der Waals surface area contributed by atoms with Gasteiger partial charge in [-0.2, -0.15) is 5.26 Å². The van der Waals surface area contributed by atoms with Gasteiger partial charge in [0.2, 0.25) is 0 Å². The van der Waals surface area contributed by atoms with Crippen molar-refractivity contribution < 1.29 is 9.47 Å². The van der Waals surface area contributed by atoms with Crippen molar-refractivity contribution in [1.82, 2.24) is 0 Å². The first-order valence-electron chi connectivity index (χ1n) is 8.87. The number of rotatable bonds is 6. The molecule has 1 saturated carbocycles. The molecule has 0 atom stereocenters. The van der Waals surface area contributed by atoms with Crippen LogP contribution in [0.25, 0.3) is 0 Å². The summed E-state index contributed by atoms with van der Waals surface area (Å²) < 4.78 is 11.9. The quantitative estimate of drug-likeness (QED) is 0.715. The molecule has 0 unspecified atom stereocenters. The molecule has 21 heavy (non-hydrogen) atoms. The third-order valence-electron chi connectivity index (χ3n) is 5.31. The molecule has 2 rings (SSSR count). The molecule has 1 saturated heterocycles. The zero-order chi connectivity index (χ0) is 15.1. The van der Waals surface area contributed by atoms with E-state index in [1.807, 2.05) is 0 Å². The summed E-state index contributed by atoms with van der Waals surface area (Å²) >= 11 is 0. The number of hydrogen-bond acceptors (Lipinski definition) is 3. The molecule has 0 aromatic rings. The van der Waals surface area contributed by atoms with Crippen LogP contribution in [0.15, 0.2) is 0 Å². The highest BCUT2D eigenvalue weighted by Gasteiger charge is 2.39. The standard InChI is InChI=1S/C18H31NO2/c1-3-5-9-18(14-19)10-7-16(8-11-18)17-20-12-15(6-4-2)13-21-17/h15-17H,3-13H2,1-2H3/t15?,16-,17?,18+. The van der Waals surface area contributed by atoms with E-state index in [0.717, 1.165) is 45.3 Å². The molecular formula is C18H31NO2. The Morgan fingerprint density at radius 3 is 2.29 bits per heavy atom. The minimum absolute atomic E-state index is 0.0130. The first-order valence-corrected chi connectivity index (χ1v) is 8.87. The van der Waals surface area contributed by atoms with Crippen LogP contribution in [0.3, 0.4) is 0 Å². The van der Waals surface area contributed by atoms with E-state index >= 15 is 0 Å². The number of ether oxygens (including phenoxy) is 2. The van der Waals surface area contributed by atoms with Crippen LogP contribution in [0.4, 0.5) is 0 Å². The summed E-state index contributed by atoms with van der Waals surface area (Å²) in [5.41, 5.74) is -0.0636. The Hall–Kier alpha value is -0.590. The second-order valence-corrected chi connectivity index (χ2v) is 7.02. The fraction of sp³-hybridized carbons (Fsp3) is 0.944.